The molecular formula is C18H16FNO3. The number of carboxylic acid groups (broad SMARTS) is 1. The second kappa shape index (κ2) is 6.09. The fourth-order valence-corrected chi connectivity index (χ4v) is 2.33. The Morgan fingerprint density at radius 3 is 2.48 bits per heavy atom. The quantitative estimate of drug-likeness (QED) is 0.926. The van der Waals surface area contributed by atoms with Gasteiger partial charge in [0.1, 0.15) is 11.6 Å². The van der Waals surface area contributed by atoms with E-state index in [4.69, 9.17) is 9.84 Å². The zero-order valence-corrected chi connectivity index (χ0v) is 13.1. The molecule has 0 aliphatic rings. The van der Waals surface area contributed by atoms with Gasteiger partial charge in [-0.1, -0.05) is 6.07 Å². The minimum Gasteiger partial charge on any atom is -0.497 e. The Morgan fingerprint density at radius 2 is 1.91 bits per heavy atom. The molecule has 118 valence electrons. The van der Waals surface area contributed by atoms with Crippen LogP contribution < -0.4 is 4.74 Å². The van der Waals surface area contributed by atoms with E-state index < -0.39 is 17.2 Å². The third-order valence-electron chi connectivity index (χ3n) is 3.68. The minimum absolute atomic E-state index is 0.0513. The Kier molecular flexibility index (Phi) is 4.37. The lowest BCUT2D eigenvalue weighted by molar-refractivity contribution is 0.0696. The van der Waals surface area contributed by atoms with Gasteiger partial charge < -0.3 is 9.84 Å². The number of halogens is 1. The lowest BCUT2D eigenvalue weighted by Crippen LogP contribution is -2.16. The first-order valence-corrected chi connectivity index (χ1v) is 6.93. The van der Waals surface area contributed by atoms with E-state index in [-0.39, 0.29) is 11.1 Å². The molecule has 0 saturated carbocycles. The van der Waals surface area contributed by atoms with Crippen LogP contribution >= 0.6 is 0 Å². The van der Waals surface area contributed by atoms with E-state index >= 15 is 0 Å². The zero-order valence-electron chi connectivity index (χ0n) is 13.1. The number of carboxylic acids is 1. The molecule has 0 fully saturated rings. The number of ether oxygens (including phenoxy) is 1. The summed E-state index contributed by atoms with van der Waals surface area (Å²) < 4.78 is 19.4. The van der Waals surface area contributed by atoms with Crippen molar-refractivity contribution in [2.45, 2.75) is 19.3 Å². The van der Waals surface area contributed by atoms with E-state index in [0.717, 1.165) is 0 Å². The van der Waals surface area contributed by atoms with E-state index in [1.165, 1.54) is 43.5 Å². The zero-order chi connectivity index (χ0) is 17.2. The third-order valence-corrected chi connectivity index (χ3v) is 3.68. The number of hydrogen-bond acceptors (Lipinski definition) is 3. The smallest absolute Gasteiger partial charge is 0.335 e. The fraction of sp³-hybridized carbons (Fsp3) is 0.222. The Bertz CT molecular complexity index is 806. The summed E-state index contributed by atoms with van der Waals surface area (Å²) in [5, 5.41) is 18.6. The Balaban J connectivity index is 2.77. The monoisotopic (exact) mass is 313 g/mol. The normalized spacial score (nSPS) is 10.9. The molecule has 0 saturated heterocycles. The maximum absolute atomic E-state index is 14.3. The molecule has 0 spiro atoms. The molecule has 0 aliphatic heterocycles. The molecule has 0 aliphatic carbocycles. The van der Waals surface area contributed by atoms with Crippen molar-refractivity contribution in [3.63, 3.8) is 0 Å². The third kappa shape index (κ3) is 3.16. The highest BCUT2D eigenvalue weighted by Gasteiger charge is 2.26. The molecule has 5 heteroatoms. The number of hydrogen-bond donors (Lipinski definition) is 1. The van der Waals surface area contributed by atoms with Gasteiger partial charge in [-0.3, -0.25) is 0 Å². The molecule has 2 aromatic carbocycles. The first-order valence-electron chi connectivity index (χ1n) is 6.93. The summed E-state index contributed by atoms with van der Waals surface area (Å²) in [6, 6.07) is 10.8. The van der Waals surface area contributed by atoms with E-state index in [1.807, 2.05) is 0 Å². The largest absolute Gasteiger partial charge is 0.497 e. The van der Waals surface area contributed by atoms with Crippen LogP contribution in [0.5, 0.6) is 5.75 Å². The van der Waals surface area contributed by atoms with E-state index in [0.29, 0.717) is 16.9 Å². The van der Waals surface area contributed by atoms with Crippen molar-refractivity contribution in [3.05, 3.63) is 53.3 Å². The second-order valence-corrected chi connectivity index (χ2v) is 5.65. The predicted molar refractivity (Wildman–Crippen MR) is 84.0 cm³/mol. The maximum Gasteiger partial charge on any atom is 0.335 e. The van der Waals surface area contributed by atoms with Crippen molar-refractivity contribution < 1.29 is 19.0 Å². The summed E-state index contributed by atoms with van der Waals surface area (Å²) in [7, 11) is 1.48. The van der Waals surface area contributed by atoms with Crippen molar-refractivity contribution in [3.8, 4) is 22.9 Å². The molecular weight excluding hydrogens is 297 g/mol. The number of carbonyl (C=O) groups is 1. The van der Waals surface area contributed by atoms with Gasteiger partial charge in [-0.25, -0.2) is 9.18 Å². The molecule has 2 rings (SSSR count). The molecule has 23 heavy (non-hydrogen) atoms. The van der Waals surface area contributed by atoms with Gasteiger partial charge in [-0.05, 0) is 55.3 Å². The highest BCUT2D eigenvalue weighted by atomic mass is 19.1. The Morgan fingerprint density at radius 1 is 1.22 bits per heavy atom. The van der Waals surface area contributed by atoms with E-state index in [2.05, 4.69) is 6.07 Å². The predicted octanol–water partition coefficient (Wildman–Crippen LogP) is 4.00. The van der Waals surface area contributed by atoms with Gasteiger partial charge in [0.25, 0.3) is 0 Å². The summed E-state index contributed by atoms with van der Waals surface area (Å²) in [5.74, 6) is -1.09. The van der Waals surface area contributed by atoms with E-state index in [1.54, 1.807) is 13.8 Å². The first-order chi connectivity index (χ1) is 10.8. The Hall–Kier alpha value is -2.87. The van der Waals surface area contributed by atoms with Crippen LogP contribution in [0, 0.1) is 17.1 Å². The SMILES string of the molecule is COc1ccc(F)c(-c2ccc(C(=O)O)cc2C(C)(C)C#N)c1. The Labute approximate surface area is 133 Å². The van der Waals surface area contributed by atoms with Crippen LogP contribution in [0.4, 0.5) is 4.39 Å². The summed E-state index contributed by atoms with van der Waals surface area (Å²) in [6.45, 7) is 3.32. The lowest BCUT2D eigenvalue weighted by Gasteiger charge is -2.21. The summed E-state index contributed by atoms with van der Waals surface area (Å²) in [5.41, 5.74) is 0.260. The van der Waals surface area contributed by atoms with Gasteiger partial charge in [-0.2, -0.15) is 5.26 Å². The van der Waals surface area contributed by atoms with E-state index in [9.17, 15) is 14.4 Å². The molecule has 2 aromatic rings. The second-order valence-electron chi connectivity index (χ2n) is 5.65. The highest BCUT2D eigenvalue weighted by molar-refractivity contribution is 5.89. The van der Waals surface area contributed by atoms with Crippen molar-refractivity contribution >= 4 is 5.97 Å². The molecule has 4 nitrogen and oxygen atoms in total. The minimum atomic E-state index is -1.10. The average molecular weight is 313 g/mol. The number of nitriles is 1. The molecule has 0 unspecified atom stereocenters. The first kappa shape index (κ1) is 16.5. The number of aromatic carboxylic acids is 1. The van der Waals surface area contributed by atoms with Crippen molar-refractivity contribution in [2.75, 3.05) is 7.11 Å². The number of benzene rings is 2. The van der Waals surface area contributed by atoms with Crippen molar-refractivity contribution in [2.24, 2.45) is 0 Å². The van der Waals surface area contributed by atoms with Crippen LogP contribution in [0.3, 0.4) is 0 Å². The molecule has 0 atom stereocenters. The summed E-state index contributed by atoms with van der Waals surface area (Å²) in [6.07, 6.45) is 0. The number of methoxy groups -OCH3 is 1. The van der Waals surface area contributed by atoms with Gasteiger partial charge in [-0.15, -0.1) is 0 Å². The fourth-order valence-electron chi connectivity index (χ4n) is 2.33. The standard InChI is InChI=1S/C18H16FNO3/c1-18(2,10-20)15-8-11(17(21)22)4-6-13(15)14-9-12(23-3)5-7-16(14)19/h4-9H,1-3H3,(H,21,22). The summed E-state index contributed by atoms with van der Waals surface area (Å²) in [4.78, 5) is 11.2. The van der Waals surface area contributed by atoms with Crippen molar-refractivity contribution in [1.82, 2.24) is 0 Å². The molecule has 1 N–H and O–H groups in total. The van der Waals surface area contributed by atoms with Crippen molar-refractivity contribution in [1.29, 1.82) is 5.26 Å². The number of rotatable bonds is 4. The average Bonchev–Trinajstić information content (AvgIpc) is 2.54. The molecule has 0 radical (unpaired) electrons. The van der Waals surface area contributed by atoms with Crippen LogP contribution in [-0.4, -0.2) is 18.2 Å². The maximum atomic E-state index is 14.3. The lowest BCUT2D eigenvalue weighted by atomic mass is 9.80. The van der Waals surface area contributed by atoms with Crippen LogP contribution in [0.25, 0.3) is 11.1 Å². The van der Waals surface area contributed by atoms with Crippen LogP contribution in [0.2, 0.25) is 0 Å². The molecule has 0 amide bonds. The molecule has 0 bridgehead atoms. The highest BCUT2D eigenvalue weighted by Crippen LogP contribution is 2.36. The molecule has 0 aromatic heterocycles. The van der Waals surface area contributed by atoms with Gasteiger partial charge in [0.15, 0.2) is 0 Å². The van der Waals surface area contributed by atoms with Crippen LogP contribution in [0.1, 0.15) is 29.8 Å². The van der Waals surface area contributed by atoms with Gasteiger partial charge in [0.05, 0.1) is 24.2 Å². The topological polar surface area (TPSA) is 70.3 Å². The van der Waals surface area contributed by atoms with Gasteiger partial charge >= 0.3 is 5.97 Å². The number of nitrogens with zero attached hydrogens (tertiary/aromatic N) is 1. The van der Waals surface area contributed by atoms with Crippen LogP contribution in [0.15, 0.2) is 36.4 Å². The van der Waals surface area contributed by atoms with Crippen LogP contribution in [-0.2, 0) is 5.41 Å². The summed E-state index contributed by atoms with van der Waals surface area (Å²) >= 11 is 0. The van der Waals surface area contributed by atoms with Gasteiger partial charge in [0, 0.05) is 5.56 Å². The van der Waals surface area contributed by atoms with Gasteiger partial charge in [0.2, 0.25) is 0 Å². The molecule has 0 heterocycles.